The van der Waals surface area contributed by atoms with Gasteiger partial charge in [-0.15, -0.1) is 11.3 Å². The van der Waals surface area contributed by atoms with Gasteiger partial charge >= 0.3 is 6.03 Å². The van der Waals surface area contributed by atoms with E-state index in [-0.39, 0.29) is 11.4 Å². The topological polar surface area (TPSA) is 111 Å². The van der Waals surface area contributed by atoms with Crippen LogP contribution in [-0.2, 0) is 11.3 Å². The Morgan fingerprint density at radius 2 is 2.08 bits per heavy atom. The van der Waals surface area contributed by atoms with Crippen molar-refractivity contribution in [3.05, 3.63) is 56.3 Å². The molecule has 3 amide bonds. The fraction of sp³-hybridized carbons (Fsp3) is 0.200. The van der Waals surface area contributed by atoms with Crippen molar-refractivity contribution in [1.82, 2.24) is 10.6 Å². The van der Waals surface area contributed by atoms with Crippen LogP contribution in [0.2, 0.25) is 0 Å². The average Bonchev–Trinajstić information content (AvgIpc) is 3.05. The predicted molar refractivity (Wildman–Crippen MR) is 88.0 cm³/mol. The van der Waals surface area contributed by atoms with Gasteiger partial charge in [0.2, 0.25) is 0 Å². The molecule has 0 radical (unpaired) electrons. The molecule has 1 aromatic heterocycles. The molecule has 0 aliphatic heterocycles. The molecule has 0 unspecified atom stereocenters. The highest BCUT2D eigenvalue weighted by Gasteiger charge is 2.15. The van der Waals surface area contributed by atoms with E-state index in [9.17, 15) is 19.7 Å². The number of carbonyl (C=O) groups is 2. The van der Waals surface area contributed by atoms with E-state index in [0.717, 1.165) is 4.88 Å². The summed E-state index contributed by atoms with van der Waals surface area (Å²) in [5.41, 5.74) is 0.221. The van der Waals surface area contributed by atoms with Crippen molar-refractivity contribution in [2.45, 2.75) is 13.5 Å². The maximum Gasteiger partial charge on any atom is 0.321 e. The smallest absolute Gasteiger partial charge is 0.321 e. The third-order valence-electron chi connectivity index (χ3n) is 3.07. The van der Waals surface area contributed by atoms with Crippen molar-refractivity contribution in [3.63, 3.8) is 0 Å². The molecule has 0 spiro atoms. The van der Waals surface area contributed by atoms with Crippen molar-refractivity contribution in [2.24, 2.45) is 0 Å². The van der Waals surface area contributed by atoms with Gasteiger partial charge in [0.25, 0.3) is 11.6 Å². The molecule has 8 nitrogen and oxygen atoms in total. The second kappa shape index (κ2) is 8.06. The second-order valence-corrected chi connectivity index (χ2v) is 5.79. The van der Waals surface area contributed by atoms with Crippen LogP contribution < -0.4 is 15.4 Å². The van der Waals surface area contributed by atoms with Gasteiger partial charge in [0, 0.05) is 10.9 Å². The van der Waals surface area contributed by atoms with Crippen LogP contribution in [0.4, 0.5) is 10.5 Å². The van der Waals surface area contributed by atoms with Crippen molar-refractivity contribution >= 4 is 29.0 Å². The van der Waals surface area contributed by atoms with Crippen LogP contribution in [0.25, 0.3) is 0 Å². The fourth-order valence-electron chi connectivity index (χ4n) is 1.89. The SMILES string of the molecule is Cc1c(OCC(=O)NC(=O)NCc2cccs2)cccc1[N+](=O)[O-]. The van der Waals surface area contributed by atoms with Gasteiger partial charge in [-0.3, -0.25) is 20.2 Å². The monoisotopic (exact) mass is 349 g/mol. The van der Waals surface area contributed by atoms with E-state index in [1.54, 1.807) is 0 Å². The first-order chi connectivity index (χ1) is 11.5. The van der Waals surface area contributed by atoms with Crippen molar-refractivity contribution in [2.75, 3.05) is 6.61 Å². The Morgan fingerprint density at radius 3 is 2.75 bits per heavy atom. The number of thiophene rings is 1. The molecular weight excluding hydrogens is 334 g/mol. The summed E-state index contributed by atoms with van der Waals surface area (Å²) in [5.74, 6) is -0.428. The molecule has 126 valence electrons. The minimum absolute atomic E-state index is 0.0957. The third-order valence-corrected chi connectivity index (χ3v) is 3.94. The van der Waals surface area contributed by atoms with Crippen molar-refractivity contribution in [1.29, 1.82) is 0 Å². The first-order valence-corrected chi connectivity index (χ1v) is 7.82. The minimum Gasteiger partial charge on any atom is -0.483 e. The molecule has 2 rings (SSSR count). The summed E-state index contributed by atoms with van der Waals surface area (Å²) in [6, 6.07) is 7.42. The summed E-state index contributed by atoms with van der Waals surface area (Å²) in [6.07, 6.45) is 0. The maximum absolute atomic E-state index is 11.7. The van der Waals surface area contributed by atoms with E-state index >= 15 is 0 Å². The van der Waals surface area contributed by atoms with Crippen LogP contribution in [0.15, 0.2) is 35.7 Å². The van der Waals surface area contributed by atoms with E-state index in [1.165, 1.54) is 36.5 Å². The van der Waals surface area contributed by atoms with Crippen LogP contribution in [0.3, 0.4) is 0 Å². The molecule has 2 aromatic rings. The van der Waals surface area contributed by atoms with E-state index in [2.05, 4.69) is 10.6 Å². The van der Waals surface area contributed by atoms with Gasteiger partial charge in [-0.25, -0.2) is 4.79 Å². The Balaban J connectivity index is 1.81. The number of nitrogens with zero attached hydrogens (tertiary/aromatic N) is 1. The molecule has 0 bridgehead atoms. The molecule has 9 heteroatoms. The summed E-state index contributed by atoms with van der Waals surface area (Å²) in [5, 5.41) is 17.4. The van der Waals surface area contributed by atoms with Gasteiger partial charge in [-0.2, -0.15) is 0 Å². The summed E-state index contributed by atoms with van der Waals surface area (Å²) in [6.45, 7) is 1.43. The van der Waals surface area contributed by atoms with Crippen molar-refractivity contribution < 1.29 is 19.2 Å². The number of ether oxygens (including phenoxy) is 1. The normalized spacial score (nSPS) is 10.0. The zero-order valence-corrected chi connectivity index (χ0v) is 13.6. The van der Waals surface area contributed by atoms with Gasteiger partial charge in [0.1, 0.15) is 5.75 Å². The van der Waals surface area contributed by atoms with Gasteiger partial charge in [0.05, 0.1) is 17.0 Å². The molecule has 1 aromatic carbocycles. The number of carbonyl (C=O) groups excluding carboxylic acids is 2. The summed E-state index contributed by atoms with van der Waals surface area (Å²) in [4.78, 5) is 34.6. The number of imide groups is 1. The minimum atomic E-state index is -0.649. The standard InChI is InChI=1S/C15H15N3O5S/c1-10-12(18(21)22)5-2-6-13(10)23-9-14(19)17-15(20)16-8-11-4-3-7-24-11/h2-7H,8-9H2,1H3,(H2,16,17,19,20). The van der Waals surface area contributed by atoms with Crippen LogP contribution in [0.5, 0.6) is 5.75 Å². The number of nitro benzene ring substituents is 1. The Hall–Kier alpha value is -2.94. The molecule has 24 heavy (non-hydrogen) atoms. The summed E-state index contributed by atoms with van der Waals surface area (Å²) >= 11 is 1.49. The molecule has 0 aliphatic carbocycles. The first-order valence-electron chi connectivity index (χ1n) is 6.94. The molecule has 0 atom stereocenters. The Labute approximate surface area is 141 Å². The lowest BCUT2D eigenvalue weighted by atomic mass is 10.2. The second-order valence-electron chi connectivity index (χ2n) is 4.76. The average molecular weight is 349 g/mol. The van der Waals surface area contributed by atoms with E-state index in [0.29, 0.717) is 12.1 Å². The van der Waals surface area contributed by atoms with Gasteiger partial charge < -0.3 is 10.1 Å². The molecule has 0 aliphatic rings. The van der Waals surface area contributed by atoms with Crippen LogP contribution >= 0.6 is 11.3 Å². The summed E-state index contributed by atoms with van der Waals surface area (Å²) < 4.78 is 5.25. The number of rotatable bonds is 6. The Morgan fingerprint density at radius 1 is 1.29 bits per heavy atom. The Kier molecular flexibility index (Phi) is 5.85. The van der Waals surface area contributed by atoms with Gasteiger partial charge in [-0.1, -0.05) is 12.1 Å². The fourth-order valence-corrected chi connectivity index (χ4v) is 2.53. The maximum atomic E-state index is 11.7. The number of nitro groups is 1. The Bertz CT molecular complexity index is 746. The predicted octanol–water partition coefficient (Wildman–Crippen LogP) is 2.37. The van der Waals surface area contributed by atoms with Crippen LogP contribution in [-0.4, -0.2) is 23.5 Å². The lowest BCUT2D eigenvalue weighted by Gasteiger charge is -2.09. The number of hydrogen-bond acceptors (Lipinski definition) is 6. The number of benzene rings is 1. The van der Waals surface area contributed by atoms with E-state index < -0.39 is 23.5 Å². The highest BCUT2D eigenvalue weighted by molar-refractivity contribution is 7.09. The lowest BCUT2D eigenvalue weighted by molar-refractivity contribution is -0.385. The largest absolute Gasteiger partial charge is 0.483 e. The quantitative estimate of drug-likeness (QED) is 0.614. The number of nitrogens with one attached hydrogen (secondary N) is 2. The highest BCUT2D eigenvalue weighted by Crippen LogP contribution is 2.26. The zero-order chi connectivity index (χ0) is 17.5. The highest BCUT2D eigenvalue weighted by atomic mass is 32.1. The number of urea groups is 1. The van der Waals surface area contributed by atoms with E-state index in [1.807, 2.05) is 17.5 Å². The molecule has 1 heterocycles. The van der Waals surface area contributed by atoms with E-state index in [4.69, 9.17) is 4.74 Å². The zero-order valence-electron chi connectivity index (χ0n) is 12.8. The van der Waals surface area contributed by atoms with Gasteiger partial charge in [-0.05, 0) is 24.4 Å². The number of amides is 3. The molecule has 0 saturated carbocycles. The first kappa shape index (κ1) is 17.4. The third kappa shape index (κ3) is 4.78. The van der Waals surface area contributed by atoms with Crippen molar-refractivity contribution in [3.8, 4) is 5.75 Å². The number of hydrogen-bond donors (Lipinski definition) is 2. The molecular formula is C15H15N3O5S. The molecule has 2 N–H and O–H groups in total. The van der Waals surface area contributed by atoms with Crippen LogP contribution in [0, 0.1) is 17.0 Å². The lowest BCUT2D eigenvalue weighted by Crippen LogP contribution is -2.41. The molecule has 0 saturated heterocycles. The summed E-state index contributed by atoms with van der Waals surface area (Å²) in [7, 11) is 0. The van der Waals surface area contributed by atoms with Gasteiger partial charge in [0.15, 0.2) is 6.61 Å². The molecule has 0 fully saturated rings. The van der Waals surface area contributed by atoms with Crippen LogP contribution in [0.1, 0.15) is 10.4 Å².